The summed E-state index contributed by atoms with van der Waals surface area (Å²) in [6.07, 6.45) is 6.65. The van der Waals surface area contributed by atoms with E-state index in [1.54, 1.807) is 17.1 Å². The summed E-state index contributed by atoms with van der Waals surface area (Å²) in [6, 6.07) is -0.478. The number of nitrogens with two attached hydrogens (primary N) is 1. The molecule has 0 radical (unpaired) electrons. The van der Waals surface area contributed by atoms with E-state index in [2.05, 4.69) is 5.10 Å². The Bertz CT molecular complexity index is 341. The first-order chi connectivity index (χ1) is 6.68. The molecule has 1 atom stereocenters. The first-order valence-electron chi connectivity index (χ1n) is 4.96. The number of aromatic nitrogens is 2. The zero-order chi connectivity index (χ0) is 10.1. The van der Waals surface area contributed by atoms with Gasteiger partial charge < -0.3 is 5.73 Å². The minimum atomic E-state index is -0.478. The van der Waals surface area contributed by atoms with E-state index >= 15 is 0 Å². The van der Waals surface area contributed by atoms with Gasteiger partial charge in [-0.05, 0) is 12.8 Å². The number of carbonyl (C=O) groups excluding carboxylic acids is 1. The van der Waals surface area contributed by atoms with Crippen LogP contribution in [0.4, 0.5) is 0 Å². The van der Waals surface area contributed by atoms with Gasteiger partial charge >= 0.3 is 0 Å². The van der Waals surface area contributed by atoms with Gasteiger partial charge in [0.25, 0.3) is 0 Å². The van der Waals surface area contributed by atoms with E-state index in [-0.39, 0.29) is 11.7 Å². The SMILES string of the molecule is Cn1cc(C(N)C(=O)C2CCC2)cn1. The van der Waals surface area contributed by atoms with Gasteiger partial charge in [-0.3, -0.25) is 9.48 Å². The molecular formula is C10H15N3O. The van der Waals surface area contributed by atoms with Gasteiger partial charge in [0, 0.05) is 24.7 Å². The van der Waals surface area contributed by atoms with Crippen molar-refractivity contribution in [2.75, 3.05) is 0 Å². The molecule has 0 amide bonds. The monoisotopic (exact) mass is 193 g/mol. The molecule has 4 heteroatoms. The fourth-order valence-corrected chi connectivity index (χ4v) is 1.71. The van der Waals surface area contributed by atoms with E-state index in [9.17, 15) is 4.79 Å². The molecular weight excluding hydrogens is 178 g/mol. The standard InChI is InChI=1S/C10H15N3O/c1-13-6-8(5-12-13)9(11)10(14)7-3-2-4-7/h5-7,9H,2-4,11H2,1H3. The molecule has 4 nitrogen and oxygen atoms in total. The lowest BCUT2D eigenvalue weighted by atomic mass is 9.79. The van der Waals surface area contributed by atoms with Crippen LogP contribution in [-0.4, -0.2) is 15.6 Å². The number of nitrogens with zero attached hydrogens (tertiary/aromatic N) is 2. The van der Waals surface area contributed by atoms with Crippen LogP contribution < -0.4 is 5.73 Å². The summed E-state index contributed by atoms with van der Waals surface area (Å²) in [4.78, 5) is 11.8. The average Bonchev–Trinajstić information content (AvgIpc) is 2.47. The van der Waals surface area contributed by atoms with Crippen molar-refractivity contribution in [2.24, 2.45) is 18.7 Å². The molecule has 1 unspecified atom stereocenters. The van der Waals surface area contributed by atoms with Crippen LogP contribution in [0.15, 0.2) is 12.4 Å². The van der Waals surface area contributed by atoms with Gasteiger partial charge in [0.15, 0.2) is 5.78 Å². The third-order valence-corrected chi connectivity index (χ3v) is 2.90. The number of hydrogen-bond donors (Lipinski definition) is 1. The molecule has 1 aromatic heterocycles. The van der Waals surface area contributed by atoms with Crippen molar-refractivity contribution >= 4 is 5.78 Å². The van der Waals surface area contributed by atoms with Crippen molar-refractivity contribution in [1.29, 1.82) is 0 Å². The Hall–Kier alpha value is -1.16. The Balaban J connectivity index is 2.07. The lowest BCUT2D eigenvalue weighted by Crippen LogP contribution is -2.31. The summed E-state index contributed by atoms with van der Waals surface area (Å²) in [7, 11) is 1.82. The number of ketones is 1. The van der Waals surface area contributed by atoms with E-state index in [1.807, 2.05) is 7.05 Å². The first kappa shape index (κ1) is 9.40. The Morgan fingerprint density at radius 3 is 2.86 bits per heavy atom. The van der Waals surface area contributed by atoms with Gasteiger partial charge in [0.2, 0.25) is 0 Å². The lowest BCUT2D eigenvalue weighted by molar-refractivity contribution is -0.126. The molecule has 14 heavy (non-hydrogen) atoms. The predicted molar refractivity (Wildman–Crippen MR) is 52.5 cm³/mol. The second-order valence-electron chi connectivity index (χ2n) is 3.96. The molecule has 1 aliphatic rings. The number of aryl methyl sites for hydroxylation is 1. The van der Waals surface area contributed by atoms with Gasteiger partial charge in [-0.25, -0.2) is 0 Å². The highest BCUT2D eigenvalue weighted by Gasteiger charge is 2.30. The maximum atomic E-state index is 11.8. The van der Waals surface area contributed by atoms with Crippen molar-refractivity contribution in [3.8, 4) is 0 Å². The molecule has 1 fully saturated rings. The van der Waals surface area contributed by atoms with Crippen LogP contribution in [0.25, 0.3) is 0 Å². The number of rotatable bonds is 3. The van der Waals surface area contributed by atoms with Gasteiger partial charge in [-0.2, -0.15) is 5.10 Å². The fourth-order valence-electron chi connectivity index (χ4n) is 1.71. The van der Waals surface area contributed by atoms with Crippen molar-refractivity contribution in [2.45, 2.75) is 25.3 Å². The zero-order valence-electron chi connectivity index (χ0n) is 8.31. The quantitative estimate of drug-likeness (QED) is 0.772. The van der Waals surface area contributed by atoms with Gasteiger partial charge in [-0.15, -0.1) is 0 Å². The second-order valence-corrected chi connectivity index (χ2v) is 3.96. The van der Waals surface area contributed by atoms with Gasteiger partial charge in [0.05, 0.1) is 12.2 Å². The number of Topliss-reactive ketones (excluding diaryl/α,β-unsaturated/α-hetero) is 1. The van der Waals surface area contributed by atoms with E-state index < -0.39 is 6.04 Å². The van der Waals surface area contributed by atoms with Crippen LogP contribution in [-0.2, 0) is 11.8 Å². The molecule has 0 aliphatic heterocycles. The average molecular weight is 193 g/mol. The smallest absolute Gasteiger partial charge is 0.157 e. The number of carbonyl (C=O) groups is 1. The maximum absolute atomic E-state index is 11.8. The summed E-state index contributed by atoms with van der Waals surface area (Å²) in [5, 5.41) is 4.01. The molecule has 76 valence electrons. The molecule has 0 bridgehead atoms. The summed E-state index contributed by atoms with van der Waals surface area (Å²) in [5.74, 6) is 0.370. The number of hydrogen-bond acceptors (Lipinski definition) is 3. The molecule has 2 N–H and O–H groups in total. The summed E-state index contributed by atoms with van der Waals surface area (Å²) in [6.45, 7) is 0. The van der Waals surface area contributed by atoms with Gasteiger partial charge in [0.1, 0.15) is 0 Å². The van der Waals surface area contributed by atoms with E-state index in [4.69, 9.17) is 5.73 Å². The highest BCUT2D eigenvalue weighted by atomic mass is 16.1. The molecule has 0 aromatic carbocycles. The molecule has 1 saturated carbocycles. The molecule has 1 aliphatic carbocycles. The van der Waals surface area contributed by atoms with Crippen LogP contribution in [0.5, 0.6) is 0 Å². The zero-order valence-corrected chi connectivity index (χ0v) is 8.31. The molecule has 1 heterocycles. The highest BCUT2D eigenvalue weighted by molar-refractivity contribution is 5.87. The van der Waals surface area contributed by atoms with E-state index in [1.165, 1.54) is 0 Å². The topological polar surface area (TPSA) is 60.9 Å². The second kappa shape index (κ2) is 3.53. The normalized spacial score (nSPS) is 19.0. The van der Waals surface area contributed by atoms with E-state index in [0.717, 1.165) is 24.8 Å². The molecule has 1 aromatic rings. The minimum absolute atomic E-state index is 0.171. The Labute approximate surface area is 83.1 Å². The maximum Gasteiger partial charge on any atom is 0.157 e. The van der Waals surface area contributed by atoms with E-state index in [0.29, 0.717) is 0 Å². The Kier molecular flexibility index (Phi) is 2.37. The lowest BCUT2D eigenvalue weighted by Gasteiger charge is -2.26. The molecule has 2 rings (SSSR count). The Morgan fingerprint density at radius 2 is 2.43 bits per heavy atom. The first-order valence-corrected chi connectivity index (χ1v) is 4.96. The summed E-state index contributed by atoms with van der Waals surface area (Å²) < 4.78 is 1.67. The van der Waals surface area contributed by atoms with Crippen molar-refractivity contribution in [3.05, 3.63) is 18.0 Å². The third kappa shape index (κ3) is 1.57. The van der Waals surface area contributed by atoms with Crippen LogP contribution in [0.1, 0.15) is 30.9 Å². The van der Waals surface area contributed by atoms with Crippen LogP contribution in [0, 0.1) is 5.92 Å². The third-order valence-electron chi connectivity index (χ3n) is 2.90. The fraction of sp³-hybridized carbons (Fsp3) is 0.600. The Morgan fingerprint density at radius 1 is 1.71 bits per heavy atom. The summed E-state index contributed by atoms with van der Waals surface area (Å²) >= 11 is 0. The molecule has 0 spiro atoms. The largest absolute Gasteiger partial charge is 0.318 e. The van der Waals surface area contributed by atoms with Crippen LogP contribution in [0.2, 0.25) is 0 Å². The van der Waals surface area contributed by atoms with Gasteiger partial charge in [-0.1, -0.05) is 6.42 Å². The van der Waals surface area contributed by atoms with Crippen molar-refractivity contribution in [1.82, 2.24) is 9.78 Å². The predicted octanol–water partition coefficient (Wildman–Crippen LogP) is 0.789. The van der Waals surface area contributed by atoms with Crippen molar-refractivity contribution in [3.63, 3.8) is 0 Å². The van der Waals surface area contributed by atoms with Crippen LogP contribution >= 0.6 is 0 Å². The van der Waals surface area contributed by atoms with Crippen molar-refractivity contribution < 1.29 is 4.79 Å². The molecule has 0 saturated heterocycles. The van der Waals surface area contributed by atoms with Crippen LogP contribution in [0.3, 0.4) is 0 Å². The minimum Gasteiger partial charge on any atom is -0.318 e. The highest BCUT2D eigenvalue weighted by Crippen LogP contribution is 2.30. The summed E-state index contributed by atoms with van der Waals surface area (Å²) in [5.41, 5.74) is 6.68.